The molecule has 0 spiro atoms. The van der Waals surface area contributed by atoms with Crippen LogP contribution in [0.3, 0.4) is 0 Å². The van der Waals surface area contributed by atoms with Crippen LogP contribution in [-0.2, 0) is 14.8 Å². The van der Waals surface area contributed by atoms with Gasteiger partial charge in [-0.15, -0.1) is 0 Å². The molecule has 1 N–H and O–H groups in total. The first kappa shape index (κ1) is 10.7. The van der Waals surface area contributed by atoms with Crippen LogP contribution in [0.4, 0.5) is 0 Å². The fraction of sp³-hybridized carbons (Fsp3) is 0.125. The third kappa shape index (κ3) is 2.62. The second-order valence-corrected chi connectivity index (χ2v) is 6.28. The van der Waals surface area contributed by atoms with Gasteiger partial charge in [-0.05, 0) is 12.1 Å². The Morgan fingerprint density at radius 1 is 1.40 bits per heavy atom. The van der Waals surface area contributed by atoms with Crippen molar-refractivity contribution in [2.24, 2.45) is 0 Å². The highest BCUT2D eigenvalue weighted by atomic mass is 35.7. The van der Waals surface area contributed by atoms with E-state index in [0.29, 0.717) is 21.7 Å². The van der Waals surface area contributed by atoms with Gasteiger partial charge in [-0.1, -0.05) is 11.6 Å². The van der Waals surface area contributed by atoms with Crippen LogP contribution in [0, 0.1) is 0 Å². The molecule has 4 nitrogen and oxygen atoms in total. The van der Waals surface area contributed by atoms with Crippen LogP contribution in [0.2, 0.25) is 5.02 Å². The lowest BCUT2D eigenvalue weighted by molar-refractivity contribution is 0.608. The van der Waals surface area contributed by atoms with Crippen LogP contribution in [0.25, 0.3) is 11.0 Å². The predicted molar refractivity (Wildman–Crippen MR) is 59.6 cm³/mol. The van der Waals surface area contributed by atoms with Gasteiger partial charge in [0.05, 0.1) is 16.1 Å². The third-order valence-electron chi connectivity index (χ3n) is 1.82. The normalized spacial score (nSPS) is 12.1. The number of hydrogen-bond acceptors (Lipinski definition) is 3. The van der Waals surface area contributed by atoms with Crippen molar-refractivity contribution in [2.45, 2.75) is 5.75 Å². The molecule has 0 unspecified atom stereocenters. The zero-order chi connectivity index (χ0) is 11.1. The van der Waals surface area contributed by atoms with Gasteiger partial charge in [0.15, 0.2) is 0 Å². The molecule has 7 heteroatoms. The van der Waals surface area contributed by atoms with Crippen LogP contribution in [0.15, 0.2) is 18.3 Å². The Hall–Kier alpha value is -0.780. The van der Waals surface area contributed by atoms with Crippen LogP contribution in [0.1, 0.15) is 5.69 Å². The molecule has 0 aliphatic heterocycles. The van der Waals surface area contributed by atoms with E-state index in [9.17, 15) is 8.42 Å². The van der Waals surface area contributed by atoms with E-state index < -0.39 is 9.05 Å². The smallest absolute Gasteiger partial charge is 0.238 e. The molecule has 2 heterocycles. The van der Waals surface area contributed by atoms with Gasteiger partial charge in [-0.25, -0.2) is 8.42 Å². The molecule has 0 saturated carbocycles. The van der Waals surface area contributed by atoms with Crippen molar-refractivity contribution in [3.05, 3.63) is 29.0 Å². The highest BCUT2D eigenvalue weighted by molar-refractivity contribution is 8.13. The van der Waals surface area contributed by atoms with Crippen molar-refractivity contribution >= 4 is 42.4 Å². The van der Waals surface area contributed by atoms with Crippen LogP contribution in [-0.4, -0.2) is 18.4 Å². The quantitative estimate of drug-likeness (QED) is 0.847. The van der Waals surface area contributed by atoms with Gasteiger partial charge in [-0.2, -0.15) is 0 Å². The Bertz CT molecular complexity index is 606. The number of aromatic amines is 1. The van der Waals surface area contributed by atoms with E-state index >= 15 is 0 Å². The number of halogens is 2. The lowest BCUT2D eigenvalue weighted by Gasteiger charge is -1.90. The summed E-state index contributed by atoms with van der Waals surface area (Å²) in [5.41, 5.74) is 1.85. The molecule has 0 radical (unpaired) electrons. The van der Waals surface area contributed by atoms with Gasteiger partial charge in [0, 0.05) is 22.6 Å². The summed E-state index contributed by atoms with van der Waals surface area (Å²) in [6.45, 7) is 0. The molecule has 0 atom stereocenters. The molecule has 2 aromatic heterocycles. The first-order valence-corrected chi connectivity index (χ1v) is 6.85. The van der Waals surface area contributed by atoms with Crippen molar-refractivity contribution in [3.8, 4) is 0 Å². The third-order valence-corrected chi connectivity index (χ3v) is 3.01. The summed E-state index contributed by atoms with van der Waals surface area (Å²) >= 11 is 5.73. The standard InChI is InChI=1S/C8H6Cl2N2O2S/c9-5-1-8-7(11-3-5)2-6(12-8)4-15(10,13)14/h1-3,12H,4H2. The Labute approximate surface area is 95.6 Å². The summed E-state index contributed by atoms with van der Waals surface area (Å²) < 4.78 is 21.7. The highest BCUT2D eigenvalue weighted by Crippen LogP contribution is 2.19. The first-order valence-electron chi connectivity index (χ1n) is 3.99. The molecule has 2 aromatic rings. The summed E-state index contributed by atoms with van der Waals surface area (Å²) in [6.07, 6.45) is 1.50. The number of aromatic nitrogens is 2. The topological polar surface area (TPSA) is 62.8 Å². The SMILES string of the molecule is O=S(=O)(Cl)Cc1cc2ncc(Cl)cc2[nH]1. The van der Waals surface area contributed by atoms with E-state index in [1.807, 2.05) is 0 Å². The Kier molecular flexibility index (Phi) is 2.62. The molecule has 80 valence electrons. The van der Waals surface area contributed by atoms with Gasteiger partial charge < -0.3 is 4.98 Å². The second-order valence-electron chi connectivity index (χ2n) is 3.06. The molecule has 15 heavy (non-hydrogen) atoms. The van der Waals surface area contributed by atoms with E-state index in [4.69, 9.17) is 22.3 Å². The largest absolute Gasteiger partial charge is 0.356 e. The second kappa shape index (κ2) is 3.66. The number of fused-ring (bicyclic) bond motifs is 1. The molecule has 2 rings (SSSR count). The predicted octanol–water partition coefficient (Wildman–Crippen LogP) is 2.28. The van der Waals surface area contributed by atoms with Gasteiger partial charge in [0.1, 0.15) is 5.75 Å². The van der Waals surface area contributed by atoms with E-state index in [1.54, 1.807) is 12.1 Å². The Morgan fingerprint density at radius 3 is 2.80 bits per heavy atom. The number of pyridine rings is 1. The number of H-pyrrole nitrogens is 1. The molecule has 0 fully saturated rings. The average Bonchev–Trinajstić information content (AvgIpc) is 2.42. The number of hydrogen-bond donors (Lipinski definition) is 1. The maximum Gasteiger partial charge on any atom is 0.238 e. The summed E-state index contributed by atoms with van der Waals surface area (Å²) in [6, 6.07) is 3.31. The fourth-order valence-corrected chi connectivity index (χ4v) is 2.34. The summed E-state index contributed by atoms with van der Waals surface area (Å²) in [5, 5.41) is 0.490. The summed E-state index contributed by atoms with van der Waals surface area (Å²) in [5.74, 6) is -0.247. The average molecular weight is 265 g/mol. The molecular formula is C8H6Cl2N2O2S. The van der Waals surface area contributed by atoms with E-state index in [0.717, 1.165) is 0 Å². The van der Waals surface area contributed by atoms with E-state index in [-0.39, 0.29) is 5.75 Å². The molecule has 0 aliphatic carbocycles. The molecule has 0 aromatic carbocycles. The van der Waals surface area contributed by atoms with Crippen LogP contribution < -0.4 is 0 Å². The maximum atomic E-state index is 10.8. The van der Waals surface area contributed by atoms with Crippen molar-refractivity contribution in [1.82, 2.24) is 9.97 Å². The monoisotopic (exact) mass is 264 g/mol. The van der Waals surface area contributed by atoms with Crippen molar-refractivity contribution in [2.75, 3.05) is 0 Å². The molecule has 0 bridgehead atoms. The van der Waals surface area contributed by atoms with E-state index in [2.05, 4.69) is 9.97 Å². The lowest BCUT2D eigenvalue weighted by Crippen LogP contribution is -1.94. The van der Waals surface area contributed by atoms with Gasteiger partial charge in [-0.3, -0.25) is 4.98 Å². The van der Waals surface area contributed by atoms with E-state index in [1.165, 1.54) is 6.20 Å². The van der Waals surface area contributed by atoms with Crippen molar-refractivity contribution in [3.63, 3.8) is 0 Å². The fourth-order valence-electron chi connectivity index (χ4n) is 1.30. The molecule has 0 amide bonds. The summed E-state index contributed by atoms with van der Waals surface area (Å²) in [4.78, 5) is 6.91. The van der Waals surface area contributed by atoms with Crippen molar-refractivity contribution in [1.29, 1.82) is 0 Å². The number of rotatable bonds is 2. The van der Waals surface area contributed by atoms with Gasteiger partial charge in [0.2, 0.25) is 9.05 Å². The zero-order valence-corrected chi connectivity index (χ0v) is 9.70. The molecular weight excluding hydrogens is 259 g/mol. The molecule has 0 aliphatic rings. The molecule has 0 saturated heterocycles. The first-order chi connectivity index (χ1) is 6.94. The van der Waals surface area contributed by atoms with Gasteiger partial charge >= 0.3 is 0 Å². The Balaban J connectivity index is 2.48. The zero-order valence-electron chi connectivity index (χ0n) is 7.37. The van der Waals surface area contributed by atoms with Crippen LogP contribution >= 0.6 is 22.3 Å². The Morgan fingerprint density at radius 2 is 2.13 bits per heavy atom. The summed E-state index contributed by atoms with van der Waals surface area (Å²) in [7, 11) is 1.58. The minimum absolute atomic E-state index is 0.247. The minimum atomic E-state index is -3.55. The van der Waals surface area contributed by atoms with Crippen LogP contribution in [0.5, 0.6) is 0 Å². The number of nitrogens with zero attached hydrogens (tertiary/aromatic N) is 1. The maximum absolute atomic E-state index is 10.8. The lowest BCUT2D eigenvalue weighted by atomic mass is 10.4. The number of nitrogens with one attached hydrogen (secondary N) is 1. The highest BCUT2D eigenvalue weighted by Gasteiger charge is 2.10. The van der Waals surface area contributed by atoms with Crippen molar-refractivity contribution < 1.29 is 8.42 Å². The minimum Gasteiger partial charge on any atom is -0.356 e. The van der Waals surface area contributed by atoms with Gasteiger partial charge in [0.25, 0.3) is 0 Å².